The Hall–Kier alpha value is -3.35. The lowest BCUT2D eigenvalue weighted by Crippen LogP contribution is -2.46. The highest BCUT2D eigenvalue weighted by molar-refractivity contribution is 5.79. The van der Waals surface area contributed by atoms with Crippen molar-refractivity contribution < 1.29 is 24.2 Å². The zero-order valence-corrected chi connectivity index (χ0v) is 18.8. The second-order valence-corrected chi connectivity index (χ2v) is 8.85. The maximum atomic E-state index is 12.5. The van der Waals surface area contributed by atoms with Crippen LogP contribution in [-0.4, -0.2) is 53.7 Å². The number of amides is 2. The highest BCUT2D eigenvalue weighted by atomic mass is 16.5. The Balaban J connectivity index is 1.20. The Kier molecular flexibility index (Phi) is 6.96. The minimum Gasteiger partial charge on any atom is -0.481 e. The molecular formula is C26H30N2O5. The van der Waals surface area contributed by atoms with Gasteiger partial charge in [0.05, 0.1) is 5.92 Å². The van der Waals surface area contributed by atoms with Gasteiger partial charge in [0.2, 0.25) is 5.91 Å². The Morgan fingerprint density at radius 2 is 1.70 bits per heavy atom. The van der Waals surface area contributed by atoms with Gasteiger partial charge >= 0.3 is 12.1 Å². The molecule has 174 valence electrons. The predicted octanol–water partition coefficient (Wildman–Crippen LogP) is 4.02. The van der Waals surface area contributed by atoms with Crippen LogP contribution >= 0.6 is 0 Å². The second-order valence-electron chi connectivity index (χ2n) is 8.85. The number of rotatable bonds is 7. The van der Waals surface area contributed by atoms with E-state index in [0.29, 0.717) is 38.8 Å². The average molecular weight is 451 g/mol. The van der Waals surface area contributed by atoms with E-state index in [4.69, 9.17) is 9.84 Å². The molecule has 4 rings (SSSR count). The topological polar surface area (TPSA) is 95.9 Å². The Morgan fingerprint density at radius 1 is 1.06 bits per heavy atom. The van der Waals surface area contributed by atoms with Gasteiger partial charge in [-0.15, -0.1) is 0 Å². The Labute approximate surface area is 193 Å². The summed E-state index contributed by atoms with van der Waals surface area (Å²) >= 11 is 0. The molecule has 0 aromatic heterocycles. The van der Waals surface area contributed by atoms with Crippen molar-refractivity contribution in [3.63, 3.8) is 0 Å². The lowest BCUT2D eigenvalue weighted by molar-refractivity contribution is -0.147. The molecule has 1 aliphatic heterocycles. The van der Waals surface area contributed by atoms with Crippen molar-refractivity contribution in [3.8, 4) is 11.1 Å². The summed E-state index contributed by atoms with van der Waals surface area (Å²) in [6, 6.07) is 16.3. The fourth-order valence-electron chi connectivity index (χ4n) is 4.99. The number of piperidine rings is 1. The highest BCUT2D eigenvalue weighted by Gasteiger charge is 2.32. The van der Waals surface area contributed by atoms with Crippen LogP contribution in [0.1, 0.15) is 49.7 Å². The van der Waals surface area contributed by atoms with Gasteiger partial charge in [-0.2, -0.15) is 0 Å². The number of carboxylic acid groups (broad SMARTS) is 1. The maximum Gasteiger partial charge on any atom is 0.407 e. The molecule has 0 bridgehead atoms. The number of ether oxygens (including phenoxy) is 1. The van der Waals surface area contributed by atoms with Crippen LogP contribution in [0.15, 0.2) is 48.5 Å². The normalized spacial score (nSPS) is 19.5. The van der Waals surface area contributed by atoms with E-state index in [0.717, 1.165) is 11.1 Å². The molecule has 1 fully saturated rings. The van der Waals surface area contributed by atoms with E-state index >= 15 is 0 Å². The van der Waals surface area contributed by atoms with E-state index in [1.165, 1.54) is 11.1 Å². The SMILES string of the molecule is C[C@@H]1C[C@H](C(=O)O)CCN1C(=O)CCCNC(=O)OCC1c2ccccc2-c2ccccc21. The number of alkyl carbamates (subject to hydrolysis) is 1. The largest absolute Gasteiger partial charge is 0.481 e. The first kappa shape index (κ1) is 22.8. The van der Waals surface area contributed by atoms with Crippen LogP contribution in [0.5, 0.6) is 0 Å². The number of nitrogens with zero attached hydrogens (tertiary/aromatic N) is 1. The van der Waals surface area contributed by atoms with Gasteiger partial charge in [0.15, 0.2) is 0 Å². The van der Waals surface area contributed by atoms with Gasteiger partial charge in [-0.05, 0) is 48.4 Å². The smallest absolute Gasteiger partial charge is 0.407 e. The maximum absolute atomic E-state index is 12.5. The third-order valence-corrected chi connectivity index (χ3v) is 6.73. The summed E-state index contributed by atoms with van der Waals surface area (Å²) in [5.74, 6) is -1.15. The lowest BCUT2D eigenvalue weighted by Gasteiger charge is -2.36. The second kappa shape index (κ2) is 10.1. The number of carboxylic acids is 1. The van der Waals surface area contributed by atoms with Gasteiger partial charge in [-0.3, -0.25) is 9.59 Å². The zero-order valence-electron chi connectivity index (χ0n) is 18.8. The van der Waals surface area contributed by atoms with Crippen molar-refractivity contribution >= 4 is 18.0 Å². The van der Waals surface area contributed by atoms with Gasteiger partial charge < -0.3 is 20.1 Å². The summed E-state index contributed by atoms with van der Waals surface area (Å²) in [6.07, 6.45) is 1.31. The molecule has 1 heterocycles. The predicted molar refractivity (Wildman–Crippen MR) is 124 cm³/mol. The molecular weight excluding hydrogens is 420 g/mol. The molecule has 0 saturated carbocycles. The first-order chi connectivity index (χ1) is 16.0. The van der Waals surface area contributed by atoms with Crippen LogP contribution in [0, 0.1) is 5.92 Å². The molecule has 2 amide bonds. The lowest BCUT2D eigenvalue weighted by atomic mass is 9.91. The molecule has 1 aliphatic carbocycles. The molecule has 2 aliphatic rings. The van der Waals surface area contributed by atoms with Crippen LogP contribution in [0.25, 0.3) is 11.1 Å². The molecule has 1 saturated heterocycles. The van der Waals surface area contributed by atoms with Crippen molar-refractivity contribution in [3.05, 3.63) is 59.7 Å². The first-order valence-electron chi connectivity index (χ1n) is 11.6. The Bertz CT molecular complexity index is 991. The zero-order chi connectivity index (χ0) is 23.4. The number of carbonyl (C=O) groups is 3. The Morgan fingerprint density at radius 3 is 2.30 bits per heavy atom. The highest BCUT2D eigenvalue weighted by Crippen LogP contribution is 2.44. The summed E-state index contributed by atoms with van der Waals surface area (Å²) < 4.78 is 5.51. The van der Waals surface area contributed by atoms with Crippen LogP contribution in [0.2, 0.25) is 0 Å². The van der Waals surface area contributed by atoms with Crippen molar-refractivity contribution in [1.29, 1.82) is 0 Å². The van der Waals surface area contributed by atoms with Crippen molar-refractivity contribution in [1.82, 2.24) is 10.2 Å². The van der Waals surface area contributed by atoms with E-state index in [1.807, 2.05) is 31.2 Å². The summed E-state index contributed by atoms with van der Waals surface area (Å²) in [5, 5.41) is 11.9. The first-order valence-corrected chi connectivity index (χ1v) is 11.6. The van der Waals surface area contributed by atoms with Gasteiger partial charge in [0.25, 0.3) is 0 Å². The molecule has 2 aromatic carbocycles. The summed E-state index contributed by atoms with van der Waals surface area (Å²) in [6.45, 7) is 2.97. The standard InChI is InChI=1S/C26H30N2O5/c1-17-15-18(25(30)31)12-14-28(17)24(29)11-6-13-27-26(32)33-16-23-21-9-4-2-7-19(21)20-8-3-5-10-22(20)23/h2-5,7-10,17-18,23H,6,11-16H2,1H3,(H,27,32)(H,30,31)/t17-,18-/m1/s1. The number of fused-ring (bicyclic) bond motifs is 3. The quantitative estimate of drug-likeness (QED) is 0.621. The molecule has 7 heteroatoms. The minimum absolute atomic E-state index is 0.000626. The van der Waals surface area contributed by atoms with E-state index in [2.05, 4.69) is 29.6 Å². The van der Waals surface area contributed by atoms with E-state index in [1.54, 1.807) is 4.90 Å². The number of aliphatic carboxylic acids is 1. The van der Waals surface area contributed by atoms with Gasteiger partial charge in [-0.1, -0.05) is 48.5 Å². The molecule has 2 atom stereocenters. The molecule has 2 aromatic rings. The van der Waals surface area contributed by atoms with Gasteiger partial charge in [0, 0.05) is 31.5 Å². The van der Waals surface area contributed by atoms with Crippen LogP contribution in [0.3, 0.4) is 0 Å². The third kappa shape index (κ3) is 5.02. The molecule has 0 radical (unpaired) electrons. The molecule has 0 unspecified atom stereocenters. The monoisotopic (exact) mass is 450 g/mol. The number of nitrogens with one attached hydrogen (secondary N) is 1. The molecule has 0 spiro atoms. The number of likely N-dealkylation sites (tertiary alicyclic amines) is 1. The van der Waals surface area contributed by atoms with Gasteiger partial charge in [0.1, 0.15) is 6.61 Å². The fourth-order valence-corrected chi connectivity index (χ4v) is 4.99. The van der Waals surface area contributed by atoms with Crippen molar-refractivity contribution in [2.75, 3.05) is 19.7 Å². The van der Waals surface area contributed by atoms with E-state index in [-0.39, 0.29) is 30.4 Å². The number of hydrogen-bond acceptors (Lipinski definition) is 4. The molecule has 2 N–H and O–H groups in total. The summed E-state index contributed by atoms with van der Waals surface area (Å²) in [5.41, 5.74) is 4.69. The third-order valence-electron chi connectivity index (χ3n) is 6.73. The molecule has 7 nitrogen and oxygen atoms in total. The van der Waals surface area contributed by atoms with Crippen molar-refractivity contribution in [2.45, 2.75) is 44.6 Å². The molecule has 33 heavy (non-hydrogen) atoms. The summed E-state index contributed by atoms with van der Waals surface area (Å²) in [4.78, 5) is 37.6. The van der Waals surface area contributed by atoms with Crippen LogP contribution in [0.4, 0.5) is 4.79 Å². The van der Waals surface area contributed by atoms with Crippen LogP contribution < -0.4 is 5.32 Å². The number of benzene rings is 2. The number of hydrogen-bond donors (Lipinski definition) is 2. The minimum atomic E-state index is -0.791. The summed E-state index contributed by atoms with van der Waals surface area (Å²) in [7, 11) is 0. The number of carbonyl (C=O) groups excluding carboxylic acids is 2. The van der Waals surface area contributed by atoms with Gasteiger partial charge in [-0.25, -0.2) is 4.79 Å². The van der Waals surface area contributed by atoms with Crippen LogP contribution in [-0.2, 0) is 14.3 Å². The fraction of sp³-hybridized carbons (Fsp3) is 0.423. The average Bonchev–Trinajstić information content (AvgIpc) is 3.14. The van der Waals surface area contributed by atoms with E-state index < -0.39 is 12.1 Å². The van der Waals surface area contributed by atoms with Crippen molar-refractivity contribution in [2.24, 2.45) is 5.92 Å². The van der Waals surface area contributed by atoms with E-state index in [9.17, 15) is 14.4 Å².